The molecule has 0 atom stereocenters. The number of nitrogens with zero attached hydrogens (tertiary/aromatic N) is 1. The molecule has 21 heavy (non-hydrogen) atoms. The molecule has 3 rings (SSSR count). The predicted molar refractivity (Wildman–Crippen MR) is 88.1 cm³/mol. The third kappa shape index (κ3) is 3.37. The summed E-state index contributed by atoms with van der Waals surface area (Å²) in [4.78, 5) is 2.43. The molecule has 0 radical (unpaired) electrons. The van der Waals surface area contributed by atoms with Gasteiger partial charge in [-0.25, -0.2) is 0 Å². The van der Waals surface area contributed by atoms with Crippen molar-refractivity contribution in [1.29, 1.82) is 0 Å². The Kier molecular flexibility index (Phi) is 4.41. The molecule has 1 heterocycles. The van der Waals surface area contributed by atoms with E-state index >= 15 is 0 Å². The van der Waals surface area contributed by atoms with Crippen molar-refractivity contribution in [3.63, 3.8) is 0 Å². The first-order valence-electron chi connectivity index (χ1n) is 7.66. The van der Waals surface area contributed by atoms with E-state index < -0.39 is 0 Å². The van der Waals surface area contributed by atoms with Crippen LogP contribution in [0.15, 0.2) is 48.5 Å². The number of ether oxygens (including phenoxy) is 1. The van der Waals surface area contributed by atoms with E-state index in [1.807, 2.05) is 19.1 Å². The van der Waals surface area contributed by atoms with Gasteiger partial charge in [0, 0.05) is 31.9 Å². The largest absolute Gasteiger partial charge is 0.494 e. The van der Waals surface area contributed by atoms with Crippen LogP contribution in [0.4, 0.5) is 5.69 Å². The summed E-state index contributed by atoms with van der Waals surface area (Å²) in [6.45, 7) is 7.02. The van der Waals surface area contributed by atoms with Gasteiger partial charge in [0.25, 0.3) is 0 Å². The maximum Gasteiger partial charge on any atom is 0.119 e. The van der Waals surface area contributed by atoms with E-state index in [4.69, 9.17) is 4.74 Å². The summed E-state index contributed by atoms with van der Waals surface area (Å²) in [7, 11) is 0. The summed E-state index contributed by atoms with van der Waals surface area (Å²) in [6.07, 6.45) is 0. The van der Waals surface area contributed by atoms with E-state index in [0.717, 1.165) is 31.9 Å². The Balaban J connectivity index is 1.73. The van der Waals surface area contributed by atoms with E-state index in [2.05, 4.69) is 46.6 Å². The minimum Gasteiger partial charge on any atom is -0.494 e. The summed E-state index contributed by atoms with van der Waals surface area (Å²) >= 11 is 0. The molecule has 0 saturated carbocycles. The molecule has 1 aliphatic heterocycles. The molecule has 0 aromatic heterocycles. The third-order valence-electron chi connectivity index (χ3n) is 3.85. The van der Waals surface area contributed by atoms with Crippen LogP contribution in [0.2, 0.25) is 0 Å². The molecule has 1 N–H and O–H groups in total. The molecule has 2 aromatic carbocycles. The van der Waals surface area contributed by atoms with Gasteiger partial charge in [-0.1, -0.05) is 24.3 Å². The van der Waals surface area contributed by atoms with Crippen molar-refractivity contribution in [1.82, 2.24) is 5.32 Å². The molecule has 0 aliphatic carbocycles. The average Bonchev–Trinajstić information content (AvgIpc) is 2.57. The molecule has 1 aliphatic rings. The number of rotatable bonds is 4. The number of piperazine rings is 1. The molecule has 1 fully saturated rings. The number of benzene rings is 2. The summed E-state index contributed by atoms with van der Waals surface area (Å²) < 4.78 is 5.48. The van der Waals surface area contributed by atoms with Crippen LogP contribution in [0, 0.1) is 0 Å². The van der Waals surface area contributed by atoms with E-state index in [0.29, 0.717) is 6.61 Å². The van der Waals surface area contributed by atoms with Crippen molar-refractivity contribution < 1.29 is 4.74 Å². The molecule has 0 unspecified atom stereocenters. The fraction of sp³-hybridized carbons (Fsp3) is 0.333. The molecule has 0 bridgehead atoms. The molecule has 2 aromatic rings. The van der Waals surface area contributed by atoms with Gasteiger partial charge in [-0.15, -0.1) is 0 Å². The van der Waals surface area contributed by atoms with E-state index in [-0.39, 0.29) is 0 Å². The van der Waals surface area contributed by atoms with Crippen molar-refractivity contribution in [2.45, 2.75) is 6.92 Å². The fourth-order valence-electron chi connectivity index (χ4n) is 2.70. The Labute approximate surface area is 126 Å². The zero-order valence-corrected chi connectivity index (χ0v) is 12.5. The first kappa shape index (κ1) is 14.0. The Hall–Kier alpha value is -2.00. The Morgan fingerprint density at radius 3 is 2.05 bits per heavy atom. The first-order chi connectivity index (χ1) is 10.4. The van der Waals surface area contributed by atoms with Crippen LogP contribution in [-0.2, 0) is 0 Å². The third-order valence-corrected chi connectivity index (χ3v) is 3.85. The SMILES string of the molecule is CCOc1ccc(-c2ccc(N3CCNCC3)cc2)cc1. The second kappa shape index (κ2) is 6.64. The summed E-state index contributed by atoms with van der Waals surface area (Å²) in [5, 5.41) is 3.38. The monoisotopic (exact) mass is 282 g/mol. The highest BCUT2D eigenvalue weighted by Gasteiger charge is 2.10. The van der Waals surface area contributed by atoms with Gasteiger partial charge >= 0.3 is 0 Å². The standard InChI is InChI=1S/C18H22N2O/c1-2-21-18-9-5-16(6-10-18)15-3-7-17(8-4-15)20-13-11-19-12-14-20/h3-10,19H,2,11-14H2,1H3. The van der Waals surface area contributed by atoms with E-state index in [9.17, 15) is 0 Å². The highest BCUT2D eigenvalue weighted by molar-refractivity contribution is 5.67. The van der Waals surface area contributed by atoms with Crippen molar-refractivity contribution >= 4 is 5.69 Å². The number of nitrogens with one attached hydrogen (secondary N) is 1. The Bertz CT molecular complexity index is 557. The quantitative estimate of drug-likeness (QED) is 0.932. The minimum absolute atomic E-state index is 0.707. The van der Waals surface area contributed by atoms with Crippen molar-refractivity contribution in [3.8, 4) is 16.9 Å². The van der Waals surface area contributed by atoms with Crippen molar-refractivity contribution in [2.75, 3.05) is 37.7 Å². The lowest BCUT2D eigenvalue weighted by molar-refractivity contribution is 0.340. The van der Waals surface area contributed by atoms with Gasteiger partial charge in [0.2, 0.25) is 0 Å². The topological polar surface area (TPSA) is 24.5 Å². The van der Waals surface area contributed by atoms with Crippen molar-refractivity contribution in [3.05, 3.63) is 48.5 Å². The van der Waals surface area contributed by atoms with Crippen LogP contribution < -0.4 is 15.0 Å². The van der Waals surface area contributed by atoms with Crippen LogP contribution in [0.25, 0.3) is 11.1 Å². The summed E-state index contributed by atoms with van der Waals surface area (Å²) in [5.41, 5.74) is 3.79. The maximum atomic E-state index is 5.48. The van der Waals surface area contributed by atoms with Gasteiger partial charge in [0.15, 0.2) is 0 Å². The van der Waals surface area contributed by atoms with Crippen molar-refractivity contribution in [2.24, 2.45) is 0 Å². The molecule has 0 amide bonds. The second-order valence-electron chi connectivity index (χ2n) is 5.24. The van der Waals surface area contributed by atoms with Crippen LogP contribution in [0.1, 0.15) is 6.92 Å². The normalized spacial score (nSPS) is 15.0. The molecule has 0 spiro atoms. The van der Waals surface area contributed by atoms with Gasteiger partial charge < -0.3 is 15.0 Å². The molecule has 110 valence electrons. The number of hydrogen-bond donors (Lipinski definition) is 1. The van der Waals surface area contributed by atoms with Crippen LogP contribution in [0.5, 0.6) is 5.75 Å². The van der Waals surface area contributed by atoms with Gasteiger partial charge in [-0.05, 0) is 42.3 Å². The first-order valence-corrected chi connectivity index (χ1v) is 7.66. The second-order valence-corrected chi connectivity index (χ2v) is 5.24. The summed E-state index contributed by atoms with van der Waals surface area (Å²) in [6, 6.07) is 17.1. The Morgan fingerprint density at radius 1 is 0.905 bits per heavy atom. The maximum absolute atomic E-state index is 5.48. The predicted octanol–water partition coefficient (Wildman–Crippen LogP) is 3.16. The van der Waals surface area contributed by atoms with Crippen LogP contribution in [0.3, 0.4) is 0 Å². The molecule has 3 heteroatoms. The zero-order chi connectivity index (χ0) is 14.5. The molecular weight excluding hydrogens is 260 g/mol. The Morgan fingerprint density at radius 2 is 1.48 bits per heavy atom. The fourth-order valence-corrected chi connectivity index (χ4v) is 2.70. The number of hydrogen-bond acceptors (Lipinski definition) is 3. The van der Waals surface area contributed by atoms with Crippen LogP contribution >= 0.6 is 0 Å². The smallest absolute Gasteiger partial charge is 0.119 e. The highest BCUT2D eigenvalue weighted by Crippen LogP contribution is 2.25. The summed E-state index contributed by atoms with van der Waals surface area (Å²) in [5.74, 6) is 0.929. The average molecular weight is 282 g/mol. The molecule has 3 nitrogen and oxygen atoms in total. The van der Waals surface area contributed by atoms with E-state index in [1.165, 1.54) is 16.8 Å². The molecular formula is C18H22N2O. The lowest BCUT2D eigenvalue weighted by atomic mass is 10.0. The lowest BCUT2D eigenvalue weighted by Crippen LogP contribution is -2.43. The highest BCUT2D eigenvalue weighted by atomic mass is 16.5. The van der Waals surface area contributed by atoms with Gasteiger partial charge in [0.1, 0.15) is 5.75 Å². The van der Waals surface area contributed by atoms with Crippen LogP contribution in [-0.4, -0.2) is 32.8 Å². The number of anilines is 1. The van der Waals surface area contributed by atoms with Gasteiger partial charge in [-0.2, -0.15) is 0 Å². The van der Waals surface area contributed by atoms with Gasteiger partial charge in [0.05, 0.1) is 6.61 Å². The zero-order valence-electron chi connectivity index (χ0n) is 12.5. The van der Waals surface area contributed by atoms with Gasteiger partial charge in [-0.3, -0.25) is 0 Å². The molecule has 1 saturated heterocycles. The minimum atomic E-state index is 0.707. The lowest BCUT2D eigenvalue weighted by Gasteiger charge is -2.29. The van der Waals surface area contributed by atoms with E-state index in [1.54, 1.807) is 0 Å².